The summed E-state index contributed by atoms with van der Waals surface area (Å²) in [5.41, 5.74) is -0.566. The quantitative estimate of drug-likeness (QED) is 0.295. The minimum absolute atomic E-state index is 0.00981. The maximum Gasteiger partial charge on any atom is 0.311 e. The predicted molar refractivity (Wildman–Crippen MR) is 50.4 cm³/mol. The molecule has 0 saturated heterocycles. The molecule has 0 saturated carbocycles. The first-order valence-corrected chi connectivity index (χ1v) is 3.86. The molecule has 0 fully saturated rings. The number of nitrogens with zero attached hydrogens (tertiary/aromatic N) is 2. The molecular formula is C8H8N2O5. The number of rotatable bonds is 2. The van der Waals surface area contributed by atoms with Crippen LogP contribution in [0.25, 0.3) is 0 Å². The summed E-state index contributed by atoms with van der Waals surface area (Å²) in [6.07, 6.45) is 0. The van der Waals surface area contributed by atoms with Crippen molar-refractivity contribution in [1.29, 1.82) is 0 Å². The van der Waals surface area contributed by atoms with Gasteiger partial charge < -0.3 is 15.4 Å². The van der Waals surface area contributed by atoms with E-state index in [2.05, 4.69) is 5.16 Å². The third-order valence-corrected chi connectivity index (χ3v) is 1.83. The molecule has 7 heteroatoms. The zero-order valence-corrected chi connectivity index (χ0v) is 7.71. The number of hydrogen-bond donors (Lipinski definition) is 3. The molecule has 0 radical (unpaired) electrons. The number of phenols is 2. The van der Waals surface area contributed by atoms with E-state index in [0.717, 1.165) is 12.1 Å². The van der Waals surface area contributed by atoms with Gasteiger partial charge in [-0.1, -0.05) is 5.16 Å². The molecule has 0 bridgehead atoms. The van der Waals surface area contributed by atoms with Crippen LogP contribution in [-0.4, -0.2) is 26.1 Å². The first-order valence-electron chi connectivity index (χ1n) is 3.86. The summed E-state index contributed by atoms with van der Waals surface area (Å²) in [6, 6.07) is 1.75. The van der Waals surface area contributed by atoms with Gasteiger partial charge in [-0.15, -0.1) is 0 Å². The fourth-order valence-corrected chi connectivity index (χ4v) is 1.06. The van der Waals surface area contributed by atoms with Crippen LogP contribution in [0.3, 0.4) is 0 Å². The van der Waals surface area contributed by atoms with Crippen molar-refractivity contribution in [3.05, 3.63) is 27.8 Å². The fourth-order valence-electron chi connectivity index (χ4n) is 1.06. The number of nitro benzene ring substituents is 1. The van der Waals surface area contributed by atoms with E-state index in [0.29, 0.717) is 0 Å². The molecule has 0 aliphatic rings. The highest BCUT2D eigenvalue weighted by Gasteiger charge is 2.18. The Hall–Kier alpha value is -2.31. The molecular weight excluding hydrogens is 204 g/mol. The number of aromatic hydroxyl groups is 2. The summed E-state index contributed by atoms with van der Waals surface area (Å²) >= 11 is 0. The number of benzene rings is 1. The number of phenolic OH excluding ortho intramolecular Hbond substituents is 2. The lowest BCUT2D eigenvalue weighted by atomic mass is 10.1. The van der Waals surface area contributed by atoms with Crippen LogP contribution in [0.2, 0.25) is 0 Å². The molecule has 0 aliphatic heterocycles. The third kappa shape index (κ3) is 1.96. The highest BCUT2D eigenvalue weighted by molar-refractivity contribution is 6.01. The van der Waals surface area contributed by atoms with Gasteiger partial charge in [-0.3, -0.25) is 10.1 Å². The lowest BCUT2D eigenvalue weighted by Gasteiger charge is -2.03. The minimum Gasteiger partial charge on any atom is -0.507 e. The van der Waals surface area contributed by atoms with Crippen LogP contribution in [0, 0.1) is 10.1 Å². The summed E-state index contributed by atoms with van der Waals surface area (Å²) in [5, 5.41) is 40.2. The van der Waals surface area contributed by atoms with Crippen LogP contribution < -0.4 is 0 Å². The normalized spacial score (nSPS) is 11.4. The first-order chi connectivity index (χ1) is 6.97. The van der Waals surface area contributed by atoms with Crippen molar-refractivity contribution in [3.8, 4) is 11.5 Å². The van der Waals surface area contributed by atoms with E-state index < -0.39 is 22.1 Å². The van der Waals surface area contributed by atoms with Gasteiger partial charge in [0.1, 0.15) is 5.75 Å². The van der Waals surface area contributed by atoms with Crippen molar-refractivity contribution in [1.82, 2.24) is 0 Å². The zero-order chi connectivity index (χ0) is 11.6. The molecule has 0 aliphatic carbocycles. The zero-order valence-electron chi connectivity index (χ0n) is 7.71. The van der Waals surface area contributed by atoms with E-state index in [9.17, 15) is 15.2 Å². The molecule has 0 amide bonds. The maximum atomic E-state index is 10.5. The molecule has 1 rings (SSSR count). The van der Waals surface area contributed by atoms with E-state index in [1.165, 1.54) is 6.92 Å². The molecule has 0 unspecified atom stereocenters. The molecule has 3 N–H and O–H groups in total. The van der Waals surface area contributed by atoms with Gasteiger partial charge in [0.15, 0.2) is 5.75 Å². The van der Waals surface area contributed by atoms with Gasteiger partial charge in [0.2, 0.25) is 0 Å². The van der Waals surface area contributed by atoms with Crippen LogP contribution in [0.5, 0.6) is 11.5 Å². The molecule has 7 nitrogen and oxygen atoms in total. The minimum atomic E-state index is -0.803. The highest BCUT2D eigenvalue weighted by Crippen LogP contribution is 2.33. The Morgan fingerprint density at radius 2 is 2.00 bits per heavy atom. The van der Waals surface area contributed by atoms with Gasteiger partial charge in [0, 0.05) is 17.7 Å². The van der Waals surface area contributed by atoms with Crippen LogP contribution in [0.4, 0.5) is 5.69 Å². The Morgan fingerprint density at radius 3 is 2.47 bits per heavy atom. The van der Waals surface area contributed by atoms with Gasteiger partial charge in [-0.2, -0.15) is 0 Å². The summed E-state index contributed by atoms with van der Waals surface area (Å²) in [7, 11) is 0. The van der Waals surface area contributed by atoms with Gasteiger partial charge in [0.25, 0.3) is 0 Å². The van der Waals surface area contributed by atoms with E-state index >= 15 is 0 Å². The number of hydrogen-bond acceptors (Lipinski definition) is 6. The summed E-state index contributed by atoms with van der Waals surface area (Å²) in [5.74, 6) is -1.04. The van der Waals surface area contributed by atoms with Crippen LogP contribution in [0.15, 0.2) is 17.3 Å². The third-order valence-electron chi connectivity index (χ3n) is 1.83. The predicted octanol–water partition coefficient (Wildman–Crippen LogP) is 1.20. The molecule has 0 spiro atoms. The van der Waals surface area contributed by atoms with Crippen molar-refractivity contribution < 1.29 is 20.3 Å². The van der Waals surface area contributed by atoms with Gasteiger partial charge in [0.05, 0.1) is 10.6 Å². The standard InChI is InChI=1S/C8H8N2O5/c1-4(9-13)5-2-6(10(14)15)8(12)3-7(5)11/h2-3,11-13H,1H3/b9-4-. The van der Waals surface area contributed by atoms with Gasteiger partial charge >= 0.3 is 5.69 Å². The second kappa shape index (κ2) is 3.82. The average Bonchev–Trinajstić information content (AvgIpc) is 2.16. The number of nitro groups is 1. The van der Waals surface area contributed by atoms with E-state index in [-0.39, 0.29) is 11.3 Å². The van der Waals surface area contributed by atoms with Crippen LogP contribution in [0.1, 0.15) is 12.5 Å². The maximum absolute atomic E-state index is 10.5. The second-order valence-corrected chi connectivity index (χ2v) is 2.80. The lowest BCUT2D eigenvalue weighted by molar-refractivity contribution is -0.385. The fraction of sp³-hybridized carbons (Fsp3) is 0.125. The monoisotopic (exact) mass is 212 g/mol. The van der Waals surface area contributed by atoms with Crippen molar-refractivity contribution in [2.75, 3.05) is 0 Å². The van der Waals surface area contributed by atoms with E-state index in [4.69, 9.17) is 10.3 Å². The Balaban J connectivity index is 3.43. The molecule has 0 aromatic heterocycles. The number of oxime groups is 1. The average molecular weight is 212 g/mol. The Labute approximate surface area is 84.0 Å². The largest absolute Gasteiger partial charge is 0.507 e. The van der Waals surface area contributed by atoms with E-state index in [1.807, 2.05) is 0 Å². The Morgan fingerprint density at radius 1 is 1.40 bits per heavy atom. The Kier molecular flexibility index (Phi) is 2.75. The molecule has 80 valence electrons. The Bertz CT molecular complexity index is 441. The van der Waals surface area contributed by atoms with Crippen molar-refractivity contribution in [3.63, 3.8) is 0 Å². The lowest BCUT2D eigenvalue weighted by Crippen LogP contribution is -1.98. The van der Waals surface area contributed by atoms with Crippen molar-refractivity contribution in [2.45, 2.75) is 6.92 Å². The smallest absolute Gasteiger partial charge is 0.311 e. The molecule has 0 atom stereocenters. The molecule has 1 aromatic rings. The highest BCUT2D eigenvalue weighted by atomic mass is 16.6. The molecule has 15 heavy (non-hydrogen) atoms. The second-order valence-electron chi connectivity index (χ2n) is 2.80. The van der Waals surface area contributed by atoms with Crippen LogP contribution in [-0.2, 0) is 0 Å². The summed E-state index contributed by atoms with van der Waals surface area (Å²) in [4.78, 5) is 9.66. The van der Waals surface area contributed by atoms with Gasteiger partial charge in [-0.05, 0) is 6.92 Å². The topological polar surface area (TPSA) is 116 Å². The SMILES string of the molecule is C/C(=N/O)c1cc([N+](=O)[O-])c(O)cc1O. The van der Waals surface area contributed by atoms with E-state index in [1.54, 1.807) is 0 Å². The van der Waals surface area contributed by atoms with Crippen molar-refractivity contribution >= 4 is 11.4 Å². The summed E-state index contributed by atoms with van der Waals surface area (Å²) in [6.45, 7) is 1.36. The molecule has 0 heterocycles. The van der Waals surface area contributed by atoms with Crippen molar-refractivity contribution in [2.24, 2.45) is 5.16 Å². The first kappa shape index (κ1) is 10.8. The molecule has 1 aromatic carbocycles. The summed E-state index contributed by atoms with van der Waals surface area (Å²) < 4.78 is 0. The van der Waals surface area contributed by atoms with Crippen LogP contribution >= 0.6 is 0 Å². The van der Waals surface area contributed by atoms with Gasteiger partial charge in [-0.25, -0.2) is 0 Å².